The lowest BCUT2D eigenvalue weighted by atomic mass is 10.1. The lowest BCUT2D eigenvalue weighted by molar-refractivity contribution is 0.196. The van der Waals surface area contributed by atoms with Crippen molar-refractivity contribution in [3.8, 4) is 0 Å². The molecular weight excluding hydrogens is 252 g/mol. The number of hydrogen-bond acceptors (Lipinski definition) is 3. The summed E-state index contributed by atoms with van der Waals surface area (Å²) >= 11 is 0. The van der Waals surface area contributed by atoms with E-state index in [2.05, 4.69) is 22.5 Å². The minimum Gasteiger partial charge on any atom is -0.399 e. The van der Waals surface area contributed by atoms with Crippen LogP contribution >= 0.6 is 0 Å². The Balaban J connectivity index is 1.74. The summed E-state index contributed by atoms with van der Waals surface area (Å²) in [6, 6.07) is 7.30. The predicted molar refractivity (Wildman–Crippen MR) is 82.8 cm³/mol. The summed E-state index contributed by atoms with van der Waals surface area (Å²) in [5, 5.41) is 5.87. The largest absolute Gasteiger partial charge is 0.399 e. The zero-order valence-electron chi connectivity index (χ0n) is 12.1. The topological polar surface area (TPSA) is 70.4 Å². The van der Waals surface area contributed by atoms with E-state index in [0.717, 1.165) is 38.2 Å². The Hall–Kier alpha value is -1.75. The van der Waals surface area contributed by atoms with Crippen LogP contribution in [0, 0.1) is 0 Å². The van der Waals surface area contributed by atoms with Crippen LogP contribution in [0.4, 0.5) is 16.2 Å². The molecular formula is C15H24N4O. The molecule has 2 amide bonds. The molecule has 5 nitrogen and oxygen atoms in total. The summed E-state index contributed by atoms with van der Waals surface area (Å²) in [6.07, 6.45) is 3.24. The fraction of sp³-hybridized carbons (Fsp3) is 0.533. The van der Waals surface area contributed by atoms with Crippen LogP contribution in [0.15, 0.2) is 24.3 Å². The number of benzene rings is 1. The number of carbonyl (C=O) groups excluding carboxylic acids is 1. The average molecular weight is 276 g/mol. The normalized spacial score (nSPS) is 16.9. The van der Waals surface area contributed by atoms with Gasteiger partial charge in [0.2, 0.25) is 0 Å². The van der Waals surface area contributed by atoms with Gasteiger partial charge >= 0.3 is 6.03 Å². The molecule has 20 heavy (non-hydrogen) atoms. The zero-order valence-corrected chi connectivity index (χ0v) is 12.1. The molecule has 1 aliphatic heterocycles. The van der Waals surface area contributed by atoms with Crippen LogP contribution in [0.1, 0.15) is 26.2 Å². The molecule has 1 saturated heterocycles. The van der Waals surface area contributed by atoms with Crippen molar-refractivity contribution in [3.63, 3.8) is 0 Å². The lowest BCUT2D eigenvalue weighted by Gasteiger charge is -2.32. The number of nitrogens with two attached hydrogens (primary N) is 1. The highest BCUT2D eigenvalue weighted by molar-refractivity contribution is 5.89. The molecule has 4 N–H and O–H groups in total. The Morgan fingerprint density at radius 2 is 1.95 bits per heavy atom. The fourth-order valence-electron chi connectivity index (χ4n) is 2.54. The molecule has 0 atom stereocenters. The monoisotopic (exact) mass is 276 g/mol. The van der Waals surface area contributed by atoms with Gasteiger partial charge in [0.15, 0.2) is 0 Å². The number of likely N-dealkylation sites (tertiary alicyclic amines) is 1. The lowest BCUT2D eigenvalue weighted by Crippen LogP contribution is -2.46. The third kappa shape index (κ3) is 4.42. The minimum atomic E-state index is -0.135. The first-order valence-corrected chi connectivity index (χ1v) is 7.33. The zero-order chi connectivity index (χ0) is 14.4. The third-order valence-corrected chi connectivity index (χ3v) is 3.63. The van der Waals surface area contributed by atoms with E-state index < -0.39 is 0 Å². The highest BCUT2D eigenvalue weighted by Gasteiger charge is 2.19. The molecule has 110 valence electrons. The number of piperidine rings is 1. The predicted octanol–water partition coefficient (Wildman–Crippen LogP) is 2.26. The van der Waals surface area contributed by atoms with Gasteiger partial charge in [0.25, 0.3) is 0 Å². The van der Waals surface area contributed by atoms with Gasteiger partial charge in [-0.05, 0) is 50.1 Å². The summed E-state index contributed by atoms with van der Waals surface area (Å²) in [6.45, 7) is 5.50. The Morgan fingerprint density at radius 3 is 2.55 bits per heavy atom. The first-order chi connectivity index (χ1) is 9.67. The van der Waals surface area contributed by atoms with Crippen molar-refractivity contribution >= 4 is 17.4 Å². The van der Waals surface area contributed by atoms with Crippen molar-refractivity contribution in [1.29, 1.82) is 0 Å². The van der Waals surface area contributed by atoms with E-state index in [-0.39, 0.29) is 12.1 Å². The standard InChI is InChI=1S/C15H24N4O/c1-2-9-19-10-7-14(8-11-19)18-15(20)17-13-5-3-12(16)4-6-13/h3-6,14H,2,7-11,16H2,1H3,(H2,17,18,20). The molecule has 0 bridgehead atoms. The van der Waals surface area contributed by atoms with Crippen LogP contribution in [-0.2, 0) is 0 Å². The molecule has 0 radical (unpaired) electrons. The molecule has 1 aliphatic rings. The minimum absolute atomic E-state index is 0.135. The SMILES string of the molecule is CCCN1CCC(NC(=O)Nc2ccc(N)cc2)CC1. The van der Waals surface area contributed by atoms with Crippen molar-refractivity contribution in [3.05, 3.63) is 24.3 Å². The van der Waals surface area contributed by atoms with Crippen LogP contribution in [0.5, 0.6) is 0 Å². The number of carbonyl (C=O) groups is 1. The van der Waals surface area contributed by atoms with E-state index in [0.29, 0.717) is 5.69 Å². The van der Waals surface area contributed by atoms with Crippen LogP contribution in [0.2, 0.25) is 0 Å². The third-order valence-electron chi connectivity index (χ3n) is 3.63. The molecule has 1 fully saturated rings. The molecule has 1 aromatic rings. The Kier molecular flexibility index (Phi) is 5.24. The number of anilines is 2. The maximum Gasteiger partial charge on any atom is 0.319 e. The molecule has 0 aromatic heterocycles. The average Bonchev–Trinajstić information content (AvgIpc) is 2.44. The van der Waals surface area contributed by atoms with Gasteiger partial charge in [-0.2, -0.15) is 0 Å². The van der Waals surface area contributed by atoms with Crippen LogP contribution < -0.4 is 16.4 Å². The van der Waals surface area contributed by atoms with Gasteiger partial charge in [0.1, 0.15) is 0 Å². The molecule has 5 heteroatoms. The molecule has 0 aliphatic carbocycles. The molecule has 1 aromatic carbocycles. The number of nitrogens with zero attached hydrogens (tertiary/aromatic N) is 1. The second-order valence-electron chi connectivity index (χ2n) is 5.34. The first kappa shape index (κ1) is 14.7. The number of nitrogen functional groups attached to an aromatic ring is 1. The Morgan fingerprint density at radius 1 is 1.30 bits per heavy atom. The highest BCUT2D eigenvalue weighted by atomic mass is 16.2. The molecule has 0 unspecified atom stereocenters. The maximum atomic E-state index is 11.9. The van der Waals surface area contributed by atoms with Gasteiger partial charge in [-0.15, -0.1) is 0 Å². The van der Waals surface area contributed by atoms with E-state index in [4.69, 9.17) is 5.73 Å². The van der Waals surface area contributed by atoms with Gasteiger partial charge in [-0.1, -0.05) is 6.92 Å². The highest BCUT2D eigenvalue weighted by Crippen LogP contribution is 2.12. The van der Waals surface area contributed by atoms with E-state index in [1.54, 1.807) is 24.3 Å². The second-order valence-corrected chi connectivity index (χ2v) is 5.34. The van der Waals surface area contributed by atoms with Crippen LogP contribution in [0.25, 0.3) is 0 Å². The Labute approximate surface area is 120 Å². The number of rotatable bonds is 4. The van der Waals surface area contributed by atoms with Crippen molar-refractivity contribution < 1.29 is 4.79 Å². The summed E-state index contributed by atoms with van der Waals surface area (Å²) in [4.78, 5) is 14.4. The van der Waals surface area contributed by atoms with Gasteiger partial charge in [-0.3, -0.25) is 0 Å². The molecule has 1 heterocycles. The van der Waals surface area contributed by atoms with Crippen molar-refractivity contribution in [1.82, 2.24) is 10.2 Å². The number of amides is 2. The number of urea groups is 1. The van der Waals surface area contributed by atoms with E-state index >= 15 is 0 Å². The van der Waals surface area contributed by atoms with E-state index in [9.17, 15) is 4.79 Å². The van der Waals surface area contributed by atoms with Crippen LogP contribution in [0.3, 0.4) is 0 Å². The summed E-state index contributed by atoms with van der Waals surface area (Å²) in [5.74, 6) is 0. The fourth-order valence-corrected chi connectivity index (χ4v) is 2.54. The maximum absolute atomic E-state index is 11.9. The van der Waals surface area contributed by atoms with Gasteiger partial charge in [0.05, 0.1) is 0 Å². The molecule has 0 spiro atoms. The van der Waals surface area contributed by atoms with Crippen molar-refractivity contribution in [2.24, 2.45) is 0 Å². The number of nitrogens with one attached hydrogen (secondary N) is 2. The van der Waals surface area contributed by atoms with Gasteiger partial charge in [0, 0.05) is 30.5 Å². The summed E-state index contributed by atoms with van der Waals surface area (Å²) in [7, 11) is 0. The van der Waals surface area contributed by atoms with Crippen LogP contribution in [-0.4, -0.2) is 36.6 Å². The quantitative estimate of drug-likeness (QED) is 0.739. The summed E-state index contributed by atoms with van der Waals surface area (Å²) < 4.78 is 0. The summed E-state index contributed by atoms with van der Waals surface area (Å²) in [5.41, 5.74) is 7.07. The van der Waals surface area contributed by atoms with Gasteiger partial charge in [-0.25, -0.2) is 4.79 Å². The van der Waals surface area contributed by atoms with E-state index in [1.165, 1.54) is 6.42 Å². The number of hydrogen-bond donors (Lipinski definition) is 3. The molecule has 2 rings (SSSR count). The second kappa shape index (κ2) is 7.14. The molecule has 0 saturated carbocycles. The van der Waals surface area contributed by atoms with Crippen molar-refractivity contribution in [2.45, 2.75) is 32.2 Å². The smallest absolute Gasteiger partial charge is 0.319 e. The first-order valence-electron chi connectivity index (χ1n) is 7.33. The van der Waals surface area contributed by atoms with E-state index in [1.807, 2.05) is 0 Å². The van der Waals surface area contributed by atoms with Gasteiger partial charge < -0.3 is 21.3 Å². The van der Waals surface area contributed by atoms with Crippen molar-refractivity contribution in [2.75, 3.05) is 30.7 Å². The Bertz CT molecular complexity index is 424.